The van der Waals surface area contributed by atoms with E-state index in [1.165, 1.54) is 0 Å². The number of hydrogen-bond donors (Lipinski definition) is 1. The highest BCUT2D eigenvalue weighted by molar-refractivity contribution is 5.34. The van der Waals surface area contributed by atoms with Crippen LogP contribution >= 0.6 is 0 Å². The van der Waals surface area contributed by atoms with Gasteiger partial charge in [-0.1, -0.05) is 18.2 Å². The van der Waals surface area contributed by atoms with Gasteiger partial charge < -0.3 is 10.0 Å². The molecule has 2 aromatic rings. The molecule has 1 fully saturated rings. The van der Waals surface area contributed by atoms with E-state index in [9.17, 15) is 5.11 Å². The first-order valence-electron chi connectivity index (χ1n) is 7.66. The summed E-state index contributed by atoms with van der Waals surface area (Å²) in [6.45, 7) is 6.26. The van der Waals surface area contributed by atoms with Gasteiger partial charge in [-0.05, 0) is 44.9 Å². The molecule has 1 aromatic heterocycles. The average Bonchev–Trinajstić information content (AvgIpc) is 2.99. The summed E-state index contributed by atoms with van der Waals surface area (Å²) in [6.07, 6.45) is 3.28. The molecule has 0 saturated carbocycles. The summed E-state index contributed by atoms with van der Waals surface area (Å²) >= 11 is 0. The summed E-state index contributed by atoms with van der Waals surface area (Å²) in [4.78, 5) is 2.41. The van der Waals surface area contributed by atoms with Crippen LogP contribution in [0, 0.1) is 0 Å². The SMILES string of the molecule is CC(C)N1CCC(O)(c2ccnn2-c2ccccc2)CC1. The van der Waals surface area contributed by atoms with Crippen LogP contribution in [0.25, 0.3) is 5.69 Å². The van der Waals surface area contributed by atoms with Gasteiger partial charge in [-0.2, -0.15) is 5.10 Å². The smallest absolute Gasteiger partial charge is 0.109 e. The summed E-state index contributed by atoms with van der Waals surface area (Å²) < 4.78 is 1.87. The molecule has 0 bridgehead atoms. The van der Waals surface area contributed by atoms with E-state index in [4.69, 9.17) is 0 Å². The maximum atomic E-state index is 11.1. The molecule has 0 aliphatic carbocycles. The lowest BCUT2D eigenvalue weighted by Gasteiger charge is -2.40. The zero-order valence-electron chi connectivity index (χ0n) is 12.7. The molecule has 1 N–H and O–H groups in total. The lowest BCUT2D eigenvalue weighted by Crippen LogP contribution is -2.46. The van der Waals surface area contributed by atoms with Gasteiger partial charge in [0.15, 0.2) is 0 Å². The van der Waals surface area contributed by atoms with Crippen LogP contribution in [0.3, 0.4) is 0 Å². The van der Waals surface area contributed by atoms with E-state index in [0.717, 1.165) is 37.3 Å². The number of nitrogens with zero attached hydrogens (tertiary/aromatic N) is 3. The molecule has 4 heteroatoms. The van der Waals surface area contributed by atoms with Crippen molar-refractivity contribution < 1.29 is 5.11 Å². The average molecular weight is 285 g/mol. The van der Waals surface area contributed by atoms with Crippen LogP contribution in [0.15, 0.2) is 42.6 Å². The van der Waals surface area contributed by atoms with E-state index in [0.29, 0.717) is 6.04 Å². The van der Waals surface area contributed by atoms with E-state index >= 15 is 0 Å². The van der Waals surface area contributed by atoms with Crippen LogP contribution in [0.4, 0.5) is 0 Å². The lowest BCUT2D eigenvalue weighted by atomic mass is 9.87. The van der Waals surface area contributed by atoms with E-state index in [-0.39, 0.29) is 0 Å². The number of piperidine rings is 1. The molecule has 0 amide bonds. The fraction of sp³-hybridized carbons (Fsp3) is 0.471. The Morgan fingerprint density at radius 3 is 2.38 bits per heavy atom. The molecule has 0 atom stereocenters. The van der Waals surface area contributed by atoms with Gasteiger partial charge in [0.2, 0.25) is 0 Å². The standard InChI is InChI=1S/C17H23N3O/c1-14(2)19-12-9-17(21,10-13-19)16-8-11-18-20(16)15-6-4-3-5-7-15/h3-8,11,14,21H,9-10,12-13H2,1-2H3. The van der Waals surface area contributed by atoms with Gasteiger partial charge in [0, 0.05) is 25.3 Å². The van der Waals surface area contributed by atoms with Crippen molar-refractivity contribution in [1.82, 2.24) is 14.7 Å². The molecule has 1 aromatic carbocycles. The molecule has 4 nitrogen and oxygen atoms in total. The highest BCUT2D eigenvalue weighted by Gasteiger charge is 2.37. The van der Waals surface area contributed by atoms with Crippen LogP contribution in [-0.2, 0) is 5.60 Å². The second-order valence-electron chi connectivity index (χ2n) is 6.13. The Bertz CT molecular complexity index is 583. The van der Waals surface area contributed by atoms with Crippen LogP contribution < -0.4 is 0 Å². The number of benzene rings is 1. The summed E-state index contributed by atoms with van der Waals surface area (Å²) in [6, 6.07) is 12.5. The molecule has 1 aliphatic rings. The molecular formula is C17H23N3O. The van der Waals surface area contributed by atoms with Crippen LogP contribution in [0.1, 0.15) is 32.4 Å². The van der Waals surface area contributed by atoms with E-state index < -0.39 is 5.60 Å². The van der Waals surface area contributed by atoms with Gasteiger partial charge in [0.05, 0.1) is 11.4 Å². The fourth-order valence-corrected chi connectivity index (χ4v) is 3.10. The normalized spacial score (nSPS) is 19.0. The predicted molar refractivity (Wildman–Crippen MR) is 83.4 cm³/mol. The third-order valence-corrected chi connectivity index (χ3v) is 4.48. The highest BCUT2D eigenvalue weighted by atomic mass is 16.3. The van der Waals surface area contributed by atoms with Crippen molar-refractivity contribution in [2.24, 2.45) is 0 Å². The van der Waals surface area contributed by atoms with Crippen molar-refractivity contribution in [3.63, 3.8) is 0 Å². The van der Waals surface area contributed by atoms with Crippen molar-refractivity contribution in [3.05, 3.63) is 48.3 Å². The van der Waals surface area contributed by atoms with Crippen molar-refractivity contribution in [2.45, 2.75) is 38.3 Å². The van der Waals surface area contributed by atoms with Gasteiger partial charge in [0.1, 0.15) is 5.60 Å². The molecule has 2 heterocycles. The third kappa shape index (κ3) is 2.74. The second-order valence-corrected chi connectivity index (χ2v) is 6.13. The summed E-state index contributed by atoms with van der Waals surface area (Å²) in [5.41, 5.74) is 1.12. The number of para-hydroxylation sites is 1. The Morgan fingerprint density at radius 2 is 1.76 bits per heavy atom. The number of likely N-dealkylation sites (tertiary alicyclic amines) is 1. The van der Waals surface area contributed by atoms with Crippen molar-refractivity contribution in [2.75, 3.05) is 13.1 Å². The minimum Gasteiger partial charge on any atom is -0.383 e. The Labute approximate surface area is 126 Å². The topological polar surface area (TPSA) is 41.3 Å². The van der Waals surface area contributed by atoms with E-state index in [1.807, 2.05) is 41.1 Å². The molecule has 3 rings (SSSR count). The molecular weight excluding hydrogens is 262 g/mol. The first-order chi connectivity index (χ1) is 10.1. The summed E-state index contributed by atoms with van der Waals surface area (Å²) in [7, 11) is 0. The Morgan fingerprint density at radius 1 is 1.10 bits per heavy atom. The summed E-state index contributed by atoms with van der Waals surface area (Å²) in [5, 5.41) is 15.5. The van der Waals surface area contributed by atoms with Gasteiger partial charge >= 0.3 is 0 Å². The van der Waals surface area contributed by atoms with E-state index in [1.54, 1.807) is 6.20 Å². The first kappa shape index (κ1) is 14.3. The largest absolute Gasteiger partial charge is 0.383 e. The van der Waals surface area contributed by atoms with Gasteiger partial charge in [-0.3, -0.25) is 0 Å². The van der Waals surface area contributed by atoms with Crippen LogP contribution in [0.2, 0.25) is 0 Å². The number of hydrogen-bond acceptors (Lipinski definition) is 3. The van der Waals surface area contributed by atoms with Gasteiger partial charge in [-0.25, -0.2) is 4.68 Å². The molecule has 1 aliphatic heterocycles. The quantitative estimate of drug-likeness (QED) is 0.942. The maximum Gasteiger partial charge on any atom is 0.109 e. The Kier molecular flexibility index (Phi) is 3.83. The molecule has 0 unspecified atom stereocenters. The van der Waals surface area contributed by atoms with Crippen molar-refractivity contribution in [3.8, 4) is 5.69 Å². The first-order valence-corrected chi connectivity index (χ1v) is 7.66. The van der Waals surface area contributed by atoms with Crippen LogP contribution in [-0.4, -0.2) is 38.9 Å². The lowest BCUT2D eigenvalue weighted by molar-refractivity contribution is -0.0372. The third-order valence-electron chi connectivity index (χ3n) is 4.48. The van der Waals surface area contributed by atoms with Gasteiger partial charge in [0.25, 0.3) is 0 Å². The van der Waals surface area contributed by atoms with Gasteiger partial charge in [-0.15, -0.1) is 0 Å². The zero-order valence-corrected chi connectivity index (χ0v) is 12.7. The predicted octanol–water partition coefficient (Wildman–Crippen LogP) is 2.56. The number of rotatable bonds is 3. The molecule has 1 saturated heterocycles. The molecule has 21 heavy (non-hydrogen) atoms. The van der Waals surface area contributed by atoms with Crippen LogP contribution in [0.5, 0.6) is 0 Å². The van der Waals surface area contributed by atoms with Crippen molar-refractivity contribution in [1.29, 1.82) is 0 Å². The monoisotopic (exact) mass is 285 g/mol. The zero-order chi connectivity index (χ0) is 14.9. The van der Waals surface area contributed by atoms with E-state index in [2.05, 4.69) is 23.8 Å². The molecule has 112 valence electrons. The maximum absolute atomic E-state index is 11.1. The second kappa shape index (κ2) is 5.62. The fourth-order valence-electron chi connectivity index (χ4n) is 3.10. The molecule has 0 spiro atoms. The minimum absolute atomic E-state index is 0.536. The number of aromatic nitrogens is 2. The number of aliphatic hydroxyl groups is 1. The Hall–Kier alpha value is -1.65. The minimum atomic E-state index is -0.780. The van der Waals surface area contributed by atoms with Crippen molar-refractivity contribution >= 4 is 0 Å². The highest BCUT2D eigenvalue weighted by Crippen LogP contribution is 2.34. The summed E-state index contributed by atoms with van der Waals surface area (Å²) in [5.74, 6) is 0. The Balaban J connectivity index is 1.87. The molecule has 0 radical (unpaired) electrons.